The van der Waals surface area contributed by atoms with Crippen LogP contribution in [0.25, 0.3) is 6.08 Å². The Morgan fingerprint density at radius 3 is 2.76 bits per heavy atom. The van der Waals surface area contributed by atoms with E-state index in [0.717, 1.165) is 36.3 Å². The van der Waals surface area contributed by atoms with Crippen molar-refractivity contribution in [1.82, 2.24) is 0 Å². The summed E-state index contributed by atoms with van der Waals surface area (Å²) in [5.41, 5.74) is 1.84. The van der Waals surface area contributed by atoms with E-state index < -0.39 is 5.97 Å². The lowest BCUT2D eigenvalue weighted by molar-refractivity contribution is -0.131. The van der Waals surface area contributed by atoms with Crippen LogP contribution in [0.1, 0.15) is 38.2 Å². The first-order chi connectivity index (χ1) is 10.1. The lowest BCUT2D eigenvalue weighted by Gasteiger charge is -2.34. The van der Waals surface area contributed by atoms with E-state index in [4.69, 9.17) is 16.7 Å². The molecule has 1 N–H and O–H groups in total. The normalized spacial score (nSPS) is 16.6. The third kappa shape index (κ3) is 4.24. The average Bonchev–Trinajstić information content (AvgIpc) is 2.47. The molecule has 0 aliphatic carbocycles. The van der Waals surface area contributed by atoms with Crippen LogP contribution in [-0.4, -0.2) is 24.2 Å². The second kappa shape index (κ2) is 7.51. The lowest BCUT2D eigenvalue weighted by Crippen LogP contribution is -2.34. The van der Waals surface area contributed by atoms with Crippen molar-refractivity contribution in [3.05, 3.63) is 34.9 Å². The summed E-state index contributed by atoms with van der Waals surface area (Å²) < 4.78 is 0. The number of halogens is 1. The number of carbonyl (C=O) groups is 1. The van der Waals surface area contributed by atoms with Gasteiger partial charge in [-0.15, -0.1) is 0 Å². The molecule has 2 rings (SSSR count). The molecule has 1 aliphatic heterocycles. The largest absolute Gasteiger partial charge is 0.478 e. The van der Waals surface area contributed by atoms with Crippen molar-refractivity contribution in [3.8, 4) is 0 Å². The summed E-state index contributed by atoms with van der Waals surface area (Å²) in [5, 5.41) is 9.42. The van der Waals surface area contributed by atoms with Crippen molar-refractivity contribution in [2.45, 2.75) is 32.6 Å². The highest BCUT2D eigenvalue weighted by Gasteiger charge is 2.20. The van der Waals surface area contributed by atoms with Gasteiger partial charge in [-0.3, -0.25) is 0 Å². The summed E-state index contributed by atoms with van der Waals surface area (Å²) in [5.74, 6) is -0.133. The highest BCUT2D eigenvalue weighted by molar-refractivity contribution is 6.32. The van der Waals surface area contributed by atoms with Gasteiger partial charge in [-0.05, 0) is 37.0 Å². The second-order valence-electron chi connectivity index (χ2n) is 5.56. The quantitative estimate of drug-likeness (QED) is 0.817. The van der Waals surface area contributed by atoms with E-state index in [1.165, 1.54) is 25.7 Å². The molecule has 0 spiro atoms. The Morgan fingerprint density at radius 2 is 2.14 bits per heavy atom. The average molecular weight is 308 g/mol. The van der Waals surface area contributed by atoms with Gasteiger partial charge in [0.2, 0.25) is 0 Å². The molecule has 0 radical (unpaired) electrons. The van der Waals surface area contributed by atoms with Crippen molar-refractivity contribution in [2.75, 3.05) is 18.0 Å². The number of hydrogen-bond acceptors (Lipinski definition) is 2. The van der Waals surface area contributed by atoms with Crippen LogP contribution in [0.2, 0.25) is 5.02 Å². The molecule has 1 saturated heterocycles. The zero-order valence-corrected chi connectivity index (χ0v) is 13.1. The first-order valence-corrected chi connectivity index (χ1v) is 7.94. The van der Waals surface area contributed by atoms with Crippen LogP contribution in [0, 0.1) is 5.92 Å². The smallest absolute Gasteiger partial charge is 0.328 e. The van der Waals surface area contributed by atoms with E-state index in [1.54, 1.807) is 12.1 Å². The molecule has 21 heavy (non-hydrogen) atoms. The van der Waals surface area contributed by atoms with Crippen LogP contribution in [0.4, 0.5) is 5.69 Å². The Labute approximate surface area is 131 Å². The molecule has 1 aromatic rings. The number of hydrogen-bond donors (Lipinski definition) is 1. The fourth-order valence-electron chi connectivity index (χ4n) is 2.99. The number of anilines is 1. The molecule has 0 atom stereocenters. The maximum absolute atomic E-state index is 10.7. The van der Waals surface area contributed by atoms with E-state index in [0.29, 0.717) is 5.02 Å². The van der Waals surface area contributed by atoms with Crippen molar-refractivity contribution < 1.29 is 9.90 Å². The van der Waals surface area contributed by atoms with Crippen LogP contribution in [0.3, 0.4) is 0 Å². The van der Waals surface area contributed by atoms with Crippen molar-refractivity contribution in [2.24, 2.45) is 5.92 Å². The minimum absolute atomic E-state index is 0.598. The molecule has 0 bridgehead atoms. The van der Waals surface area contributed by atoms with E-state index >= 15 is 0 Å². The first-order valence-electron chi connectivity index (χ1n) is 7.56. The zero-order chi connectivity index (χ0) is 15.2. The standard InChI is InChI=1S/C17H22ClNO2/c1-2-4-13-9-11-19(12-10-13)16-6-3-5-15(18)14(16)7-8-17(20)21/h3,5-8,13H,2,4,9-12H2,1H3,(H,20,21). The molecule has 1 aromatic carbocycles. The summed E-state index contributed by atoms with van der Waals surface area (Å²) in [6.07, 6.45) is 7.68. The van der Waals surface area contributed by atoms with Crippen molar-refractivity contribution >= 4 is 29.3 Å². The van der Waals surface area contributed by atoms with Crippen LogP contribution < -0.4 is 4.90 Å². The topological polar surface area (TPSA) is 40.5 Å². The summed E-state index contributed by atoms with van der Waals surface area (Å²) in [7, 11) is 0. The molecule has 1 heterocycles. The number of benzene rings is 1. The maximum Gasteiger partial charge on any atom is 0.328 e. The fraction of sp³-hybridized carbons (Fsp3) is 0.471. The minimum Gasteiger partial charge on any atom is -0.478 e. The number of carboxylic acid groups (broad SMARTS) is 1. The molecule has 1 aliphatic rings. The number of piperidine rings is 1. The highest BCUT2D eigenvalue weighted by Crippen LogP contribution is 2.32. The third-order valence-electron chi connectivity index (χ3n) is 4.07. The lowest BCUT2D eigenvalue weighted by atomic mass is 9.92. The van der Waals surface area contributed by atoms with Gasteiger partial charge < -0.3 is 10.0 Å². The van der Waals surface area contributed by atoms with Crippen molar-refractivity contribution in [3.63, 3.8) is 0 Å². The number of rotatable bonds is 5. The number of carboxylic acids is 1. The van der Waals surface area contributed by atoms with Gasteiger partial charge in [-0.25, -0.2) is 4.79 Å². The molecule has 0 amide bonds. The molecule has 1 fully saturated rings. The van der Waals surface area contributed by atoms with Gasteiger partial charge in [0.25, 0.3) is 0 Å². The van der Waals surface area contributed by atoms with E-state index in [2.05, 4.69) is 11.8 Å². The molecule has 0 aromatic heterocycles. The predicted octanol–water partition coefficient (Wildman–Crippen LogP) is 4.45. The van der Waals surface area contributed by atoms with Gasteiger partial charge in [0.05, 0.1) is 0 Å². The molecular formula is C17H22ClNO2. The fourth-order valence-corrected chi connectivity index (χ4v) is 3.22. The van der Waals surface area contributed by atoms with Crippen molar-refractivity contribution in [1.29, 1.82) is 0 Å². The van der Waals surface area contributed by atoms with E-state index in [-0.39, 0.29) is 0 Å². The summed E-state index contributed by atoms with van der Waals surface area (Å²) >= 11 is 6.24. The summed E-state index contributed by atoms with van der Waals surface area (Å²) in [6.45, 7) is 4.26. The highest BCUT2D eigenvalue weighted by atomic mass is 35.5. The van der Waals surface area contributed by atoms with Crippen LogP contribution in [-0.2, 0) is 4.79 Å². The van der Waals surface area contributed by atoms with Crippen LogP contribution in [0.15, 0.2) is 24.3 Å². The molecule has 0 saturated carbocycles. The Hall–Kier alpha value is -1.48. The molecular weight excluding hydrogens is 286 g/mol. The first kappa shape index (κ1) is 15.9. The Bertz CT molecular complexity index is 520. The number of aliphatic carboxylic acids is 1. The predicted molar refractivity (Wildman–Crippen MR) is 88.0 cm³/mol. The van der Waals surface area contributed by atoms with Gasteiger partial charge in [-0.1, -0.05) is 37.4 Å². The molecule has 3 nitrogen and oxygen atoms in total. The van der Waals surface area contributed by atoms with Gasteiger partial charge in [0.1, 0.15) is 0 Å². The number of nitrogens with zero attached hydrogens (tertiary/aromatic N) is 1. The van der Waals surface area contributed by atoms with Gasteiger partial charge in [0.15, 0.2) is 0 Å². The summed E-state index contributed by atoms with van der Waals surface area (Å²) in [6, 6.07) is 5.75. The van der Waals surface area contributed by atoms with Crippen LogP contribution in [0.5, 0.6) is 0 Å². The van der Waals surface area contributed by atoms with Gasteiger partial charge in [0, 0.05) is 35.4 Å². The van der Waals surface area contributed by atoms with Gasteiger partial charge in [-0.2, -0.15) is 0 Å². The maximum atomic E-state index is 10.7. The molecule has 4 heteroatoms. The minimum atomic E-state index is -0.956. The van der Waals surface area contributed by atoms with E-state index in [9.17, 15) is 4.79 Å². The SMILES string of the molecule is CCCC1CCN(c2cccc(Cl)c2C=CC(=O)O)CC1. The van der Waals surface area contributed by atoms with Gasteiger partial charge >= 0.3 is 5.97 Å². The van der Waals surface area contributed by atoms with Crippen LogP contribution >= 0.6 is 11.6 Å². The summed E-state index contributed by atoms with van der Waals surface area (Å²) in [4.78, 5) is 13.1. The molecule has 114 valence electrons. The Morgan fingerprint density at radius 1 is 1.43 bits per heavy atom. The third-order valence-corrected chi connectivity index (χ3v) is 4.40. The second-order valence-corrected chi connectivity index (χ2v) is 5.97. The zero-order valence-electron chi connectivity index (χ0n) is 12.4. The Balaban J connectivity index is 2.17. The monoisotopic (exact) mass is 307 g/mol. The molecule has 0 unspecified atom stereocenters. The van der Waals surface area contributed by atoms with E-state index in [1.807, 2.05) is 12.1 Å². The Kier molecular flexibility index (Phi) is 5.68.